The summed E-state index contributed by atoms with van der Waals surface area (Å²) in [4.78, 5) is 36.9. The van der Waals surface area contributed by atoms with Crippen molar-refractivity contribution in [3.05, 3.63) is 35.9 Å². The number of likely N-dealkylation sites (tertiary alicyclic amines) is 1. The first-order valence-electron chi connectivity index (χ1n) is 6.09. The Bertz CT molecular complexity index is 497. The topological polar surface area (TPSA) is 63.7 Å². The van der Waals surface area contributed by atoms with Crippen molar-refractivity contribution in [2.24, 2.45) is 0 Å². The molecule has 1 aromatic carbocycles. The van der Waals surface area contributed by atoms with Gasteiger partial charge in [-0.05, 0) is 12.1 Å². The van der Waals surface area contributed by atoms with Crippen LogP contribution < -0.4 is 0 Å². The molecule has 1 heterocycles. The minimum absolute atomic E-state index is 0.0208. The van der Waals surface area contributed by atoms with Gasteiger partial charge in [0.15, 0.2) is 0 Å². The highest BCUT2D eigenvalue weighted by atomic mass is 16.5. The number of esters is 1. The van der Waals surface area contributed by atoms with Crippen molar-refractivity contribution >= 4 is 17.7 Å². The molecular formula is C14H15NO4. The van der Waals surface area contributed by atoms with Crippen LogP contribution in [0.2, 0.25) is 0 Å². The van der Waals surface area contributed by atoms with Crippen LogP contribution in [-0.4, -0.2) is 42.3 Å². The summed E-state index contributed by atoms with van der Waals surface area (Å²) in [7, 11) is 1.26. The number of hydrogen-bond acceptors (Lipinski definition) is 4. The Kier molecular flexibility index (Phi) is 3.94. The molecule has 0 spiro atoms. The summed E-state index contributed by atoms with van der Waals surface area (Å²) < 4.78 is 4.67. The lowest BCUT2D eigenvalue weighted by Gasteiger charge is -2.33. The molecule has 1 saturated heterocycles. The molecule has 0 radical (unpaired) electrons. The molecular weight excluding hydrogens is 246 g/mol. The Hall–Kier alpha value is -2.17. The van der Waals surface area contributed by atoms with E-state index in [9.17, 15) is 14.4 Å². The van der Waals surface area contributed by atoms with Gasteiger partial charge in [0.25, 0.3) is 5.91 Å². The lowest BCUT2D eigenvalue weighted by atomic mass is 9.99. The number of carbonyl (C=O) groups is 3. The Morgan fingerprint density at radius 3 is 2.58 bits per heavy atom. The van der Waals surface area contributed by atoms with Crippen LogP contribution in [0.15, 0.2) is 30.3 Å². The molecule has 1 amide bonds. The van der Waals surface area contributed by atoms with E-state index in [1.54, 1.807) is 24.3 Å². The van der Waals surface area contributed by atoms with Gasteiger partial charge in [-0.25, -0.2) is 4.79 Å². The molecule has 5 nitrogen and oxygen atoms in total. The van der Waals surface area contributed by atoms with Crippen LogP contribution in [0.1, 0.15) is 23.2 Å². The van der Waals surface area contributed by atoms with Gasteiger partial charge in [-0.3, -0.25) is 9.59 Å². The monoisotopic (exact) mass is 261 g/mol. The van der Waals surface area contributed by atoms with Gasteiger partial charge in [0.2, 0.25) is 0 Å². The molecule has 0 unspecified atom stereocenters. The summed E-state index contributed by atoms with van der Waals surface area (Å²) in [6, 6.07) is 7.90. The summed E-state index contributed by atoms with van der Waals surface area (Å²) in [5, 5.41) is 0. The van der Waals surface area contributed by atoms with E-state index in [-0.39, 0.29) is 31.1 Å². The molecule has 0 aromatic heterocycles. The second-order valence-corrected chi connectivity index (χ2v) is 4.40. The summed E-state index contributed by atoms with van der Waals surface area (Å²) in [5.74, 6) is -0.812. The van der Waals surface area contributed by atoms with E-state index in [0.29, 0.717) is 5.56 Å². The average molecular weight is 261 g/mol. The third-order valence-corrected chi connectivity index (χ3v) is 3.18. The molecule has 1 fully saturated rings. The van der Waals surface area contributed by atoms with Crippen molar-refractivity contribution < 1.29 is 19.1 Å². The quantitative estimate of drug-likeness (QED) is 0.746. The number of nitrogens with zero attached hydrogens (tertiary/aromatic N) is 1. The van der Waals surface area contributed by atoms with E-state index in [1.165, 1.54) is 12.0 Å². The molecule has 0 aliphatic carbocycles. The number of carbonyl (C=O) groups excluding carboxylic acids is 3. The number of benzene rings is 1. The first-order valence-corrected chi connectivity index (χ1v) is 6.09. The van der Waals surface area contributed by atoms with Gasteiger partial charge in [-0.2, -0.15) is 0 Å². The maximum atomic E-state index is 12.3. The zero-order valence-electron chi connectivity index (χ0n) is 10.7. The molecule has 1 aliphatic rings. The fourth-order valence-corrected chi connectivity index (χ4v) is 2.17. The minimum Gasteiger partial charge on any atom is -0.467 e. The third-order valence-electron chi connectivity index (χ3n) is 3.18. The van der Waals surface area contributed by atoms with Gasteiger partial charge in [-0.1, -0.05) is 18.2 Å². The first-order chi connectivity index (χ1) is 9.13. The third kappa shape index (κ3) is 2.81. The lowest BCUT2D eigenvalue weighted by molar-refractivity contribution is -0.149. The Balaban J connectivity index is 2.23. The lowest BCUT2D eigenvalue weighted by Crippen LogP contribution is -2.50. The normalized spacial score (nSPS) is 19.1. The molecule has 1 aliphatic heterocycles. The average Bonchev–Trinajstić information content (AvgIpc) is 2.46. The van der Waals surface area contributed by atoms with Gasteiger partial charge < -0.3 is 9.64 Å². The summed E-state index contributed by atoms with van der Waals surface area (Å²) in [6.07, 6.45) is 0.317. The van der Waals surface area contributed by atoms with Crippen LogP contribution >= 0.6 is 0 Å². The van der Waals surface area contributed by atoms with Gasteiger partial charge in [0, 0.05) is 24.9 Å². The molecule has 100 valence electrons. The number of ketones is 1. The Morgan fingerprint density at radius 1 is 1.26 bits per heavy atom. The molecule has 19 heavy (non-hydrogen) atoms. The Labute approximate surface area is 111 Å². The van der Waals surface area contributed by atoms with Crippen LogP contribution in [-0.2, 0) is 14.3 Å². The van der Waals surface area contributed by atoms with Crippen molar-refractivity contribution in [1.82, 2.24) is 4.90 Å². The zero-order valence-corrected chi connectivity index (χ0v) is 10.7. The van der Waals surface area contributed by atoms with Crippen molar-refractivity contribution in [2.45, 2.75) is 18.9 Å². The predicted octanol–water partition coefficient (Wildman–Crippen LogP) is 1.03. The second-order valence-electron chi connectivity index (χ2n) is 4.40. The molecule has 1 atom stereocenters. The SMILES string of the molecule is COC(=O)[C@H]1CC(=O)CCN1C(=O)c1ccccc1. The van der Waals surface area contributed by atoms with Gasteiger partial charge >= 0.3 is 5.97 Å². The van der Waals surface area contributed by atoms with Gasteiger partial charge in [0.1, 0.15) is 11.8 Å². The predicted molar refractivity (Wildman–Crippen MR) is 67.5 cm³/mol. The minimum atomic E-state index is -0.807. The highest BCUT2D eigenvalue weighted by Gasteiger charge is 2.36. The number of ether oxygens (including phenoxy) is 1. The standard InChI is InChI=1S/C14H15NO4/c1-19-14(18)12-9-11(16)7-8-15(12)13(17)10-5-3-2-4-6-10/h2-6,12H,7-9H2,1H3/t12-/m1/s1. The van der Waals surface area contributed by atoms with E-state index >= 15 is 0 Å². The fraction of sp³-hybridized carbons (Fsp3) is 0.357. The second kappa shape index (κ2) is 5.65. The fourth-order valence-electron chi connectivity index (χ4n) is 2.17. The molecule has 2 rings (SSSR count). The van der Waals surface area contributed by atoms with Gasteiger partial charge in [0.05, 0.1) is 7.11 Å². The number of rotatable bonds is 2. The molecule has 0 bridgehead atoms. The first kappa shape index (κ1) is 13.3. The number of piperidine rings is 1. The smallest absolute Gasteiger partial charge is 0.329 e. The van der Waals surface area contributed by atoms with E-state index < -0.39 is 12.0 Å². The molecule has 0 saturated carbocycles. The largest absolute Gasteiger partial charge is 0.467 e. The van der Waals surface area contributed by atoms with Crippen molar-refractivity contribution in [1.29, 1.82) is 0 Å². The summed E-state index contributed by atoms with van der Waals surface area (Å²) in [6.45, 7) is 0.256. The molecule has 5 heteroatoms. The number of amides is 1. The van der Waals surface area contributed by atoms with Gasteiger partial charge in [-0.15, -0.1) is 0 Å². The van der Waals surface area contributed by atoms with Crippen molar-refractivity contribution in [2.75, 3.05) is 13.7 Å². The maximum absolute atomic E-state index is 12.3. The molecule has 0 N–H and O–H groups in total. The van der Waals surface area contributed by atoms with Crippen molar-refractivity contribution in [3.63, 3.8) is 0 Å². The number of Topliss-reactive ketones (excluding diaryl/α,β-unsaturated/α-hetero) is 1. The summed E-state index contributed by atoms with van der Waals surface area (Å²) >= 11 is 0. The van der Waals surface area contributed by atoms with Crippen LogP contribution in [0, 0.1) is 0 Å². The number of hydrogen-bond donors (Lipinski definition) is 0. The maximum Gasteiger partial charge on any atom is 0.329 e. The highest BCUT2D eigenvalue weighted by molar-refractivity contribution is 5.99. The van der Waals surface area contributed by atoms with Crippen molar-refractivity contribution in [3.8, 4) is 0 Å². The van der Waals surface area contributed by atoms with Crippen LogP contribution in [0.5, 0.6) is 0 Å². The zero-order chi connectivity index (χ0) is 13.8. The van der Waals surface area contributed by atoms with E-state index in [1.807, 2.05) is 6.07 Å². The summed E-state index contributed by atoms with van der Waals surface area (Å²) in [5.41, 5.74) is 0.505. The van der Waals surface area contributed by atoms with Crippen LogP contribution in [0.4, 0.5) is 0 Å². The van der Waals surface area contributed by atoms with E-state index in [0.717, 1.165) is 0 Å². The van der Waals surface area contributed by atoms with E-state index in [2.05, 4.69) is 4.74 Å². The van der Waals surface area contributed by atoms with Crippen LogP contribution in [0.3, 0.4) is 0 Å². The molecule has 1 aromatic rings. The van der Waals surface area contributed by atoms with Crippen LogP contribution in [0.25, 0.3) is 0 Å². The number of methoxy groups -OCH3 is 1. The Morgan fingerprint density at radius 2 is 1.95 bits per heavy atom. The van der Waals surface area contributed by atoms with E-state index in [4.69, 9.17) is 0 Å². The highest BCUT2D eigenvalue weighted by Crippen LogP contribution is 2.18.